The zero-order chi connectivity index (χ0) is 25.7. The van der Waals surface area contributed by atoms with Crippen LogP contribution in [0.2, 0.25) is 5.02 Å². The molecular formula is C23H21ClF3NO6S. The van der Waals surface area contributed by atoms with Gasteiger partial charge >= 0.3 is 5.97 Å². The minimum Gasteiger partial charge on any atom is -0.481 e. The monoisotopic (exact) mass is 531 g/mol. The lowest BCUT2D eigenvalue weighted by Crippen LogP contribution is -2.49. The number of carbonyl (C=O) groups is 2. The number of halogens is 4. The Morgan fingerprint density at radius 3 is 2.17 bits per heavy atom. The molecule has 0 radical (unpaired) electrons. The Morgan fingerprint density at radius 1 is 1.06 bits per heavy atom. The highest BCUT2D eigenvalue weighted by Crippen LogP contribution is 2.53. The number of hydrogen-bond donors (Lipinski definition) is 3. The molecule has 0 spiro atoms. The standard InChI is InChI=1S/C23H21ClF3NO6S/c24-16-4-1-11(22(31)28-14-8-17(25)21(27)18(26)9-14)5-19(16)35(33,34)15-6-12-2-3-13(7-15)23(12,32)10-20(29)30/h1,4-5,8-9,12-13,15,32H,2-3,6-7,10H2,(H,28,31)(H,29,30)/t12-,13?,15?,23?/m0/s1. The molecule has 0 saturated heterocycles. The number of amides is 1. The zero-order valence-corrected chi connectivity index (χ0v) is 19.7. The summed E-state index contributed by atoms with van der Waals surface area (Å²) in [5.74, 6) is -7.78. The fraction of sp³-hybridized carbons (Fsp3) is 0.391. The van der Waals surface area contributed by atoms with Gasteiger partial charge < -0.3 is 15.5 Å². The Labute approximate surface area is 203 Å². The van der Waals surface area contributed by atoms with E-state index < -0.39 is 68.3 Å². The van der Waals surface area contributed by atoms with Gasteiger partial charge in [-0.05, 0) is 55.7 Å². The molecule has 2 aromatic carbocycles. The molecule has 2 aliphatic rings. The highest BCUT2D eigenvalue weighted by atomic mass is 35.5. The minimum atomic E-state index is -4.09. The first kappa shape index (κ1) is 25.5. The number of rotatable bonds is 6. The van der Waals surface area contributed by atoms with Gasteiger partial charge in [0.05, 0.1) is 27.2 Å². The lowest BCUT2D eigenvalue weighted by molar-refractivity contribution is -0.148. The number of carbonyl (C=O) groups excluding carboxylic acids is 1. The zero-order valence-electron chi connectivity index (χ0n) is 18.1. The maximum absolute atomic E-state index is 13.5. The summed E-state index contributed by atoms with van der Waals surface area (Å²) < 4.78 is 67.0. The topological polar surface area (TPSA) is 121 Å². The summed E-state index contributed by atoms with van der Waals surface area (Å²) in [7, 11) is -4.09. The van der Waals surface area contributed by atoms with E-state index in [4.69, 9.17) is 11.6 Å². The van der Waals surface area contributed by atoms with Crippen molar-refractivity contribution in [3.05, 3.63) is 58.4 Å². The average molecular weight is 532 g/mol. The molecular weight excluding hydrogens is 511 g/mol. The third-order valence-corrected chi connectivity index (χ3v) is 9.64. The predicted octanol–water partition coefficient (Wildman–Crippen LogP) is 4.18. The van der Waals surface area contributed by atoms with Gasteiger partial charge in [0.1, 0.15) is 0 Å². The molecule has 188 valence electrons. The van der Waals surface area contributed by atoms with E-state index in [9.17, 15) is 41.4 Å². The molecule has 4 rings (SSSR count). The number of benzene rings is 2. The highest BCUT2D eigenvalue weighted by Gasteiger charge is 2.56. The van der Waals surface area contributed by atoms with Gasteiger partial charge in [-0.15, -0.1) is 0 Å². The second-order valence-electron chi connectivity index (χ2n) is 9.02. The molecule has 0 heterocycles. The van der Waals surface area contributed by atoms with E-state index in [2.05, 4.69) is 5.32 Å². The Morgan fingerprint density at radius 2 is 1.63 bits per heavy atom. The van der Waals surface area contributed by atoms with Gasteiger partial charge in [-0.2, -0.15) is 0 Å². The van der Waals surface area contributed by atoms with Crippen molar-refractivity contribution in [1.82, 2.24) is 0 Å². The van der Waals surface area contributed by atoms with Crippen LogP contribution in [0, 0.1) is 29.3 Å². The van der Waals surface area contributed by atoms with Crippen LogP contribution in [0.4, 0.5) is 18.9 Å². The van der Waals surface area contributed by atoms with Crippen molar-refractivity contribution in [3.8, 4) is 0 Å². The number of carboxylic acids is 1. The molecule has 4 atom stereocenters. The molecule has 0 aliphatic heterocycles. The average Bonchev–Trinajstić information content (AvgIpc) is 2.93. The molecule has 0 aromatic heterocycles. The summed E-state index contributed by atoms with van der Waals surface area (Å²) in [5.41, 5.74) is -2.00. The van der Waals surface area contributed by atoms with Crippen LogP contribution in [0.3, 0.4) is 0 Å². The van der Waals surface area contributed by atoms with Crippen molar-refractivity contribution in [1.29, 1.82) is 0 Å². The largest absolute Gasteiger partial charge is 0.481 e. The number of fused-ring (bicyclic) bond motifs is 2. The molecule has 2 bridgehead atoms. The molecule has 2 aliphatic carbocycles. The predicted molar refractivity (Wildman–Crippen MR) is 119 cm³/mol. The van der Waals surface area contributed by atoms with E-state index in [1.54, 1.807) is 0 Å². The highest BCUT2D eigenvalue weighted by molar-refractivity contribution is 7.92. The first-order chi connectivity index (χ1) is 16.3. The first-order valence-electron chi connectivity index (χ1n) is 10.8. The number of carboxylic acid groups (broad SMARTS) is 1. The van der Waals surface area contributed by atoms with Crippen LogP contribution in [-0.2, 0) is 14.6 Å². The van der Waals surface area contributed by atoms with Crippen LogP contribution in [0.1, 0.15) is 42.5 Å². The van der Waals surface area contributed by atoms with Crippen LogP contribution in [0.15, 0.2) is 35.2 Å². The molecule has 12 heteroatoms. The van der Waals surface area contributed by atoms with Gasteiger partial charge in [0.2, 0.25) is 0 Å². The maximum atomic E-state index is 13.5. The summed E-state index contributed by atoms with van der Waals surface area (Å²) in [6.07, 6.45) is 0.631. The second kappa shape index (κ2) is 9.11. The number of aliphatic hydroxyl groups is 1. The first-order valence-corrected chi connectivity index (χ1v) is 12.7. The molecule has 3 unspecified atom stereocenters. The summed E-state index contributed by atoms with van der Waals surface area (Å²) in [4.78, 5) is 23.5. The van der Waals surface area contributed by atoms with Crippen molar-refractivity contribution in [2.45, 2.75) is 47.9 Å². The van der Waals surface area contributed by atoms with Crippen LogP contribution < -0.4 is 5.32 Å². The second-order valence-corrected chi connectivity index (χ2v) is 11.6. The Hall–Kier alpha value is -2.63. The van der Waals surface area contributed by atoms with E-state index in [0.29, 0.717) is 25.0 Å². The van der Waals surface area contributed by atoms with Gasteiger partial charge in [-0.25, -0.2) is 21.6 Å². The number of hydrogen-bond acceptors (Lipinski definition) is 5. The van der Waals surface area contributed by atoms with Crippen molar-refractivity contribution < 1.29 is 41.4 Å². The van der Waals surface area contributed by atoms with Crippen molar-refractivity contribution in [2.24, 2.45) is 11.8 Å². The van der Waals surface area contributed by atoms with Crippen LogP contribution in [0.25, 0.3) is 0 Å². The minimum absolute atomic E-state index is 0.0451. The third-order valence-electron chi connectivity index (χ3n) is 6.99. The number of sulfone groups is 1. The molecule has 7 nitrogen and oxygen atoms in total. The van der Waals surface area contributed by atoms with E-state index in [0.717, 1.165) is 6.07 Å². The summed E-state index contributed by atoms with van der Waals surface area (Å²) >= 11 is 6.16. The lowest BCUT2D eigenvalue weighted by atomic mass is 9.72. The summed E-state index contributed by atoms with van der Waals surface area (Å²) in [5, 5.41) is 21.2. The lowest BCUT2D eigenvalue weighted by Gasteiger charge is -2.41. The fourth-order valence-corrected chi connectivity index (χ4v) is 7.67. The SMILES string of the molecule is O=C(O)CC1(O)C2CC[C@H]1CC(S(=O)(=O)c1cc(C(=O)Nc3cc(F)c(F)c(F)c3)ccc1Cl)C2. The third kappa shape index (κ3) is 4.64. The van der Waals surface area contributed by atoms with Crippen molar-refractivity contribution in [3.63, 3.8) is 0 Å². The molecule has 2 aromatic rings. The molecule has 1 amide bonds. The van der Waals surface area contributed by atoms with Gasteiger partial charge in [0.15, 0.2) is 27.3 Å². The molecule has 2 saturated carbocycles. The summed E-state index contributed by atoms with van der Waals surface area (Å²) in [6, 6.07) is 4.64. The normalized spacial score (nSPS) is 25.9. The summed E-state index contributed by atoms with van der Waals surface area (Å²) in [6.45, 7) is 0. The molecule has 3 N–H and O–H groups in total. The number of anilines is 1. The van der Waals surface area contributed by atoms with E-state index in [1.807, 2.05) is 0 Å². The number of aliphatic carboxylic acids is 1. The van der Waals surface area contributed by atoms with Crippen LogP contribution >= 0.6 is 11.6 Å². The smallest absolute Gasteiger partial charge is 0.306 e. The molecule has 2 fully saturated rings. The van der Waals surface area contributed by atoms with Crippen molar-refractivity contribution >= 4 is 39.0 Å². The van der Waals surface area contributed by atoms with Gasteiger partial charge in [0, 0.05) is 23.4 Å². The van der Waals surface area contributed by atoms with Gasteiger partial charge in [0.25, 0.3) is 5.91 Å². The number of nitrogens with one attached hydrogen (secondary N) is 1. The maximum Gasteiger partial charge on any atom is 0.306 e. The van der Waals surface area contributed by atoms with Gasteiger partial charge in [-0.1, -0.05) is 11.6 Å². The van der Waals surface area contributed by atoms with Crippen LogP contribution in [-0.4, -0.2) is 41.4 Å². The van der Waals surface area contributed by atoms with E-state index in [-0.39, 0.29) is 34.0 Å². The Kier molecular flexibility index (Phi) is 6.62. The van der Waals surface area contributed by atoms with Gasteiger partial charge in [-0.3, -0.25) is 9.59 Å². The van der Waals surface area contributed by atoms with Crippen molar-refractivity contribution in [2.75, 3.05) is 5.32 Å². The quantitative estimate of drug-likeness (QED) is 0.481. The fourth-order valence-electron chi connectivity index (χ4n) is 5.27. The molecule has 35 heavy (non-hydrogen) atoms. The Balaban J connectivity index is 1.59. The van der Waals surface area contributed by atoms with Crippen LogP contribution in [0.5, 0.6) is 0 Å². The Bertz CT molecular complexity index is 1280. The van der Waals surface area contributed by atoms with E-state index in [1.165, 1.54) is 12.1 Å². The van der Waals surface area contributed by atoms with E-state index >= 15 is 0 Å².